The Balaban J connectivity index is 1.36. The third-order valence-corrected chi connectivity index (χ3v) is 9.55. The minimum Gasteiger partial charge on any atom is -0.455 e. The molecule has 7 aromatic rings. The number of hydrogen-bond acceptors (Lipinski definition) is 3. The number of nitrogens with zero attached hydrogens (tertiary/aromatic N) is 5. The summed E-state index contributed by atoms with van der Waals surface area (Å²) in [5, 5.41) is 0.272. The lowest BCUT2D eigenvalue weighted by molar-refractivity contribution is 0.477. The van der Waals surface area contributed by atoms with Gasteiger partial charge >= 0.3 is 6.01 Å². The van der Waals surface area contributed by atoms with Crippen LogP contribution in [-0.4, -0.2) is 20.5 Å². The topological polar surface area (TPSA) is 46.0 Å². The summed E-state index contributed by atoms with van der Waals surface area (Å²) in [6.07, 6.45) is 3.22. The monoisotopic (exact) mass is 705 g/mol. The van der Waals surface area contributed by atoms with Gasteiger partial charge in [0.15, 0.2) is 0 Å². The van der Waals surface area contributed by atoms with E-state index in [9.17, 15) is 0 Å². The lowest BCUT2D eigenvalue weighted by Gasteiger charge is -2.20. The van der Waals surface area contributed by atoms with Gasteiger partial charge in [-0.3, -0.25) is 9.55 Å². The second-order valence-corrected chi connectivity index (χ2v) is 16.6. The molecule has 53 heavy (non-hydrogen) atoms. The molecule has 0 spiro atoms. The van der Waals surface area contributed by atoms with E-state index in [0.29, 0.717) is 34.0 Å². The number of benzene rings is 4. The zero-order valence-electron chi connectivity index (χ0n) is 39.6. The van der Waals surface area contributed by atoms with Crippen LogP contribution in [0, 0.1) is 0 Å². The first kappa shape index (κ1) is 26.0. The van der Waals surface area contributed by atoms with E-state index in [1.807, 2.05) is 48.5 Å². The predicted octanol–water partition coefficient (Wildman–Crippen LogP) is 12.1. The predicted molar refractivity (Wildman–Crippen MR) is 220 cm³/mol. The van der Waals surface area contributed by atoms with E-state index in [1.54, 1.807) is 32.0 Å². The summed E-state index contributed by atoms with van der Waals surface area (Å²) in [6, 6.07) is 20.3. The largest absolute Gasteiger partial charge is 0.503 e. The average Bonchev–Trinajstić information content (AvgIpc) is 3.77. The normalized spacial score (nSPS) is 15.4. The van der Waals surface area contributed by atoms with Gasteiger partial charge in [-0.25, -0.2) is 4.98 Å². The molecule has 0 atom stereocenters. The number of fused-ring (bicyclic) bond motifs is 4. The highest BCUT2D eigenvalue weighted by molar-refractivity contribution is 6.07. The van der Waals surface area contributed by atoms with Crippen LogP contribution in [0.5, 0.6) is 11.5 Å². The molecule has 1 aliphatic rings. The maximum atomic E-state index is 9.15. The second-order valence-electron chi connectivity index (χ2n) is 16.6. The van der Waals surface area contributed by atoms with Crippen LogP contribution in [0.4, 0.5) is 22.7 Å². The maximum Gasteiger partial charge on any atom is 0.503 e. The zero-order chi connectivity index (χ0) is 44.2. The number of aromatic nitrogens is 3. The zero-order valence-corrected chi connectivity index (χ0v) is 31.6. The average molecular weight is 706 g/mol. The van der Waals surface area contributed by atoms with Crippen molar-refractivity contribution in [1.82, 2.24) is 23.7 Å². The molecule has 0 saturated heterocycles. The molecule has 0 saturated carbocycles. The quantitative estimate of drug-likeness (QED) is 0.167. The van der Waals surface area contributed by atoms with Crippen LogP contribution in [0.25, 0.3) is 27.8 Å². The molecule has 6 heteroatoms. The standard InChI is InChI=1S/C47H47N5O/c1-45(2,3)31-22-23-48-43(26-31)52-38-18-12-10-16-36(38)44-42(52)28-35(29-49-44)53-34-25-32(46(4,5)6)24-33(27-34)50-30-51(41-21-15-14-20-40(41)50)39-19-13-11-17-37(39)47(7,8)9/h10-29H,1-9H3/q+2/i10D,12D,14D,15D,16D,18D,20D,21D. The highest BCUT2D eigenvalue weighted by Gasteiger charge is 2.39. The first-order chi connectivity index (χ1) is 28.5. The molecule has 0 radical (unpaired) electrons. The molecule has 4 aromatic carbocycles. The molecule has 6 nitrogen and oxygen atoms in total. The number of hydrogen-bond donors (Lipinski definition) is 0. The van der Waals surface area contributed by atoms with E-state index in [1.165, 1.54) is 6.20 Å². The van der Waals surface area contributed by atoms with Gasteiger partial charge in [0.2, 0.25) is 11.4 Å². The van der Waals surface area contributed by atoms with Gasteiger partial charge in [0.05, 0.1) is 39.8 Å². The van der Waals surface area contributed by atoms with Gasteiger partial charge in [-0.2, -0.15) is 0 Å². The second kappa shape index (κ2) is 12.4. The summed E-state index contributed by atoms with van der Waals surface area (Å²) in [4.78, 5) is 9.46. The summed E-state index contributed by atoms with van der Waals surface area (Å²) in [7, 11) is 0. The fourth-order valence-corrected chi connectivity index (χ4v) is 6.69. The highest BCUT2D eigenvalue weighted by Crippen LogP contribution is 2.42. The number of ether oxygens (including phenoxy) is 1. The summed E-state index contributed by atoms with van der Waals surface area (Å²) >= 11 is 0. The van der Waals surface area contributed by atoms with Crippen LogP contribution in [0.3, 0.4) is 0 Å². The van der Waals surface area contributed by atoms with Gasteiger partial charge in [0.1, 0.15) is 17.3 Å². The molecule has 0 bridgehead atoms. The first-order valence-electron chi connectivity index (χ1n) is 21.8. The lowest BCUT2D eigenvalue weighted by atomic mass is 9.85. The molecule has 0 amide bonds. The van der Waals surface area contributed by atoms with Crippen molar-refractivity contribution >= 4 is 50.7 Å². The molecular formula is C47H47N5O+2. The van der Waals surface area contributed by atoms with Gasteiger partial charge in [-0.1, -0.05) is 111 Å². The first-order valence-corrected chi connectivity index (χ1v) is 17.8. The lowest BCUT2D eigenvalue weighted by Crippen LogP contribution is -2.15. The van der Waals surface area contributed by atoms with Gasteiger partial charge in [-0.15, -0.1) is 0 Å². The Kier molecular flexibility index (Phi) is 6.08. The van der Waals surface area contributed by atoms with Crippen LogP contribution in [-0.2, 0) is 16.2 Å². The minimum atomic E-state index is -0.388. The van der Waals surface area contributed by atoms with Crippen molar-refractivity contribution in [3.05, 3.63) is 138 Å². The van der Waals surface area contributed by atoms with Crippen molar-refractivity contribution < 1.29 is 15.7 Å². The SMILES string of the molecule is [2H]c1c([2H])c([2H])c2c(c1[2H])[N+](c1cc(Oc3cnc4c5c([2H])c([2H])c([2H])c([2H])c5n(-c5cc(C(C)(C)C)ccn5)c4c3)cc(C(C)(C)C)c1)=C=[N+]2c1ccccc1C(C)(C)C. The van der Waals surface area contributed by atoms with Crippen molar-refractivity contribution in [1.29, 1.82) is 0 Å². The molecule has 8 rings (SSSR count). The van der Waals surface area contributed by atoms with Gasteiger partial charge in [0, 0.05) is 47.4 Å². The third kappa shape index (κ3) is 6.23. The van der Waals surface area contributed by atoms with Gasteiger partial charge in [0.25, 0.3) is 11.4 Å². The van der Waals surface area contributed by atoms with E-state index in [4.69, 9.17) is 20.7 Å². The molecule has 4 heterocycles. The van der Waals surface area contributed by atoms with Crippen molar-refractivity contribution in [3.63, 3.8) is 0 Å². The van der Waals surface area contributed by atoms with Crippen LogP contribution < -0.4 is 13.9 Å². The fraction of sp³-hybridized carbons (Fsp3) is 0.255. The van der Waals surface area contributed by atoms with Crippen LogP contribution in [0.2, 0.25) is 0 Å². The minimum absolute atomic E-state index is 0.183. The smallest absolute Gasteiger partial charge is 0.455 e. The Morgan fingerprint density at radius 2 is 1.34 bits per heavy atom. The Morgan fingerprint density at radius 1 is 0.642 bits per heavy atom. The van der Waals surface area contributed by atoms with Crippen LogP contribution in [0.15, 0.2) is 121 Å². The molecule has 0 aliphatic carbocycles. The van der Waals surface area contributed by atoms with Crippen molar-refractivity contribution in [2.24, 2.45) is 0 Å². The summed E-state index contributed by atoms with van der Waals surface area (Å²) in [6.45, 7) is 18.8. The third-order valence-electron chi connectivity index (χ3n) is 9.55. The molecule has 264 valence electrons. The Morgan fingerprint density at radius 3 is 2.08 bits per heavy atom. The molecule has 1 aliphatic heterocycles. The van der Waals surface area contributed by atoms with Crippen LogP contribution in [0.1, 0.15) is 90.0 Å². The van der Waals surface area contributed by atoms with Crippen molar-refractivity contribution in [3.8, 4) is 17.3 Å². The Labute approximate surface area is 323 Å². The Hall–Kier alpha value is -5.84. The van der Waals surface area contributed by atoms with Gasteiger partial charge < -0.3 is 4.74 Å². The molecule has 0 unspecified atom stereocenters. The number of pyridine rings is 2. The molecule has 3 aromatic heterocycles. The van der Waals surface area contributed by atoms with E-state index < -0.39 is 0 Å². The van der Waals surface area contributed by atoms with E-state index in [-0.39, 0.29) is 86.9 Å². The molecular weight excluding hydrogens is 651 g/mol. The fourth-order valence-electron chi connectivity index (χ4n) is 6.69. The summed E-state index contributed by atoms with van der Waals surface area (Å²) in [5.74, 6) is 1.21. The summed E-state index contributed by atoms with van der Waals surface area (Å²) < 4.78 is 82.3. The number of para-hydroxylation sites is 4. The van der Waals surface area contributed by atoms with Crippen molar-refractivity contribution in [2.45, 2.75) is 78.6 Å². The van der Waals surface area contributed by atoms with E-state index in [0.717, 1.165) is 22.4 Å². The highest BCUT2D eigenvalue weighted by atomic mass is 16.5. The summed E-state index contributed by atoms with van der Waals surface area (Å²) in [5.41, 5.74) is 4.86. The van der Waals surface area contributed by atoms with E-state index >= 15 is 0 Å². The Bertz CT molecular complexity index is 3090. The van der Waals surface area contributed by atoms with E-state index in [2.05, 4.69) is 73.3 Å². The maximum absolute atomic E-state index is 9.15. The van der Waals surface area contributed by atoms with Crippen LogP contribution >= 0.6 is 0 Å². The number of rotatable bonds is 5. The van der Waals surface area contributed by atoms with Gasteiger partial charge in [-0.05, 0) is 60.8 Å². The van der Waals surface area contributed by atoms with Crippen molar-refractivity contribution in [2.75, 3.05) is 0 Å². The molecule has 0 N–H and O–H groups in total. The molecule has 0 fully saturated rings.